The molecule has 0 aliphatic carbocycles. The van der Waals surface area contributed by atoms with Gasteiger partial charge in [0.2, 0.25) is 0 Å². The van der Waals surface area contributed by atoms with E-state index in [0.717, 1.165) is 43.4 Å². The average molecular weight is 388 g/mol. The zero-order chi connectivity index (χ0) is 18.5. The van der Waals surface area contributed by atoms with Crippen LogP contribution in [0.4, 0.5) is 5.69 Å². The fourth-order valence-electron chi connectivity index (χ4n) is 2.98. The first-order valence-electron chi connectivity index (χ1n) is 8.65. The standard InChI is InChI=1S/C20H22ClN3OS/c1-15(25)17-3-2-4-19(13-17)22-20(26)24-11-9-23(10-12-24)14-16-5-7-18(21)8-6-16/h2-8,13H,9-12,14H2,1H3,(H,22,26). The molecule has 0 spiro atoms. The molecule has 0 amide bonds. The molecule has 2 aromatic carbocycles. The molecule has 3 rings (SSSR count). The second-order valence-electron chi connectivity index (χ2n) is 6.46. The molecule has 6 heteroatoms. The maximum atomic E-state index is 11.5. The Morgan fingerprint density at radius 3 is 2.46 bits per heavy atom. The van der Waals surface area contributed by atoms with Crippen molar-refractivity contribution < 1.29 is 4.79 Å². The number of Topliss-reactive ketones (excluding diaryl/α,β-unsaturated/α-hetero) is 1. The summed E-state index contributed by atoms with van der Waals surface area (Å²) in [5.41, 5.74) is 2.81. The molecule has 136 valence electrons. The molecule has 1 aliphatic rings. The summed E-state index contributed by atoms with van der Waals surface area (Å²) in [6, 6.07) is 15.5. The van der Waals surface area contributed by atoms with Gasteiger partial charge in [-0.3, -0.25) is 9.69 Å². The molecular weight excluding hydrogens is 366 g/mol. The predicted octanol–water partition coefficient (Wildman–Crippen LogP) is 4.06. The summed E-state index contributed by atoms with van der Waals surface area (Å²) in [4.78, 5) is 16.1. The predicted molar refractivity (Wildman–Crippen MR) is 111 cm³/mol. The summed E-state index contributed by atoms with van der Waals surface area (Å²) in [5.74, 6) is 0.0513. The van der Waals surface area contributed by atoms with Crippen LogP contribution < -0.4 is 5.32 Å². The van der Waals surface area contributed by atoms with Gasteiger partial charge in [0.25, 0.3) is 0 Å². The minimum absolute atomic E-state index is 0.0513. The first kappa shape index (κ1) is 18.8. The summed E-state index contributed by atoms with van der Waals surface area (Å²) >= 11 is 11.5. The Kier molecular flexibility index (Phi) is 6.25. The number of piperazine rings is 1. The van der Waals surface area contributed by atoms with Crippen molar-refractivity contribution in [1.29, 1.82) is 0 Å². The largest absolute Gasteiger partial charge is 0.346 e. The number of rotatable bonds is 4. The Morgan fingerprint density at radius 2 is 1.81 bits per heavy atom. The topological polar surface area (TPSA) is 35.6 Å². The molecule has 1 N–H and O–H groups in total. The van der Waals surface area contributed by atoms with E-state index in [0.29, 0.717) is 10.7 Å². The minimum atomic E-state index is 0.0513. The molecule has 0 saturated carbocycles. The molecule has 0 unspecified atom stereocenters. The maximum absolute atomic E-state index is 11.5. The van der Waals surface area contributed by atoms with E-state index in [9.17, 15) is 4.79 Å². The van der Waals surface area contributed by atoms with Crippen molar-refractivity contribution in [3.8, 4) is 0 Å². The monoisotopic (exact) mass is 387 g/mol. The molecule has 0 aromatic heterocycles. The van der Waals surface area contributed by atoms with Crippen LogP contribution in [0.1, 0.15) is 22.8 Å². The molecule has 26 heavy (non-hydrogen) atoms. The van der Waals surface area contributed by atoms with Gasteiger partial charge in [0.15, 0.2) is 10.9 Å². The fourth-order valence-corrected chi connectivity index (χ4v) is 3.40. The number of carbonyl (C=O) groups is 1. The van der Waals surface area contributed by atoms with Crippen LogP contribution in [0.25, 0.3) is 0 Å². The van der Waals surface area contributed by atoms with E-state index < -0.39 is 0 Å². The van der Waals surface area contributed by atoms with E-state index in [-0.39, 0.29) is 5.78 Å². The zero-order valence-electron chi connectivity index (χ0n) is 14.7. The Bertz CT molecular complexity index is 786. The number of hydrogen-bond acceptors (Lipinski definition) is 3. The van der Waals surface area contributed by atoms with Gasteiger partial charge in [-0.2, -0.15) is 0 Å². The van der Waals surface area contributed by atoms with E-state index >= 15 is 0 Å². The summed E-state index contributed by atoms with van der Waals surface area (Å²) in [5, 5.41) is 4.72. The molecular formula is C20H22ClN3OS. The molecule has 1 fully saturated rings. The molecule has 0 radical (unpaired) electrons. The number of halogens is 1. The van der Waals surface area contributed by atoms with Gasteiger partial charge < -0.3 is 10.2 Å². The van der Waals surface area contributed by atoms with Crippen molar-refractivity contribution in [3.63, 3.8) is 0 Å². The second kappa shape index (κ2) is 8.62. The van der Waals surface area contributed by atoms with Crippen LogP contribution in [-0.4, -0.2) is 46.9 Å². The van der Waals surface area contributed by atoms with Crippen LogP contribution in [0.2, 0.25) is 5.02 Å². The lowest BCUT2D eigenvalue weighted by molar-refractivity contribution is 0.101. The quantitative estimate of drug-likeness (QED) is 0.632. The Balaban J connectivity index is 1.51. The average Bonchev–Trinajstić information content (AvgIpc) is 2.64. The van der Waals surface area contributed by atoms with Crippen LogP contribution in [-0.2, 0) is 6.54 Å². The highest BCUT2D eigenvalue weighted by molar-refractivity contribution is 7.80. The van der Waals surface area contributed by atoms with Gasteiger partial charge in [-0.25, -0.2) is 0 Å². The molecule has 4 nitrogen and oxygen atoms in total. The van der Waals surface area contributed by atoms with E-state index in [4.69, 9.17) is 23.8 Å². The van der Waals surface area contributed by atoms with Gasteiger partial charge in [-0.1, -0.05) is 35.9 Å². The lowest BCUT2D eigenvalue weighted by Crippen LogP contribution is -2.49. The number of nitrogens with zero attached hydrogens (tertiary/aromatic N) is 2. The molecule has 1 saturated heterocycles. The number of nitrogens with one attached hydrogen (secondary N) is 1. The van der Waals surface area contributed by atoms with Crippen molar-refractivity contribution in [3.05, 3.63) is 64.7 Å². The number of anilines is 1. The third-order valence-corrected chi connectivity index (χ3v) is 5.11. The minimum Gasteiger partial charge on any atom is -0.346 e. The van der Waals surface area contributed by atoms with Gasteiger partial charge in [-0.05, 0) is 49.0 Å². The third-order valence-electron chi connectivity index (χ3n) is 4.50. The number of benzene rings is 2. The molecule has 1 heterocycles. The van der Waals surface area contributed by atoms with Crippen molar-refractivity contribution >= 4 is 40.4 Å². The molecule has 1 aliphatic heterocycles. The van der Waals surface area contributed by atoms with E-state index in [2.05, 4.69) is 27.2 Å². The Labute approximate surface area is 164 Å². The van der Waals surface area contributed by atoms with E-state index in [1.807, 2.05) is 36.4 Å². The third kappa shape index (κ3) is 5.04. The normalized spacial score (nSPS) is 14.9. The number of hydrogen-bond donors (Lipinski definition) is 1. The summed E-state index contributed by atoms with van der Waals surface area (Å²) in [6.45, 7) is 6.16. The highest BCUT2D eigenvalue weighted by Gasteiger charge is 2.19. The lowest BCUT2D eigenvalue weighted by Gasteiger charge is -2.36. The SMILES string of the molecule is CC(=O)c1cccc(NC(=S)N2CCN(Cc3ccc(Cl)cc3)CC2)c1. The Morgan fingerprint density at radius 1 is 1.12 bits per heavy atom. The highest BCUT2D eigenvalue weighted by atomic mass is 35.5. The van der Waals surface area contributed by atoms with E-state index in [1.165, 1.54) is 5.56 Å². The molecule has 0 bridgehead atoms. The summed E-state index contributed by atoms with van der Waals surface area (Å²) < 4.78 is 0. The zero-order valence-corrected chi connectivity index (χ0v) is 16.3. The smallest absolute Gasteiger partial charge is 0.173 e. The number of carbonyl (C=O) groups excluding carboxylic acids is 1. The van der Waals surface area contributed by atoms with Crippen molar-refractivity contribution in [2.75, 3.05) is 31.5 Å². The second-order valence-corrected chi connectivity index (χ2v) is 7.28. The number of ketones is 1. The summed E-state index contributed by atoms with van der Waals surface area (Å²) in [7, 11) is 0. The van der Waals surface area contributed by atoms with Crippen LogP contribution in [0.15, 0.2) is 48.5 Å². The van der Waals surface area contributed by atoms with Crippen molar-refractivity contribution in [2.24, 2.45) is 0 Å². The van der Waals surface area contributed by atoms with Crippen molar-refractivity contribution in [2.45, 2.75) is 13.5 Å². The first-order valence-corrected chi connectivity index (χ1v) is 9.43. The first-order chi connectivity index (χ1) is 12.5. The van der Waals surface area contributed by atoms with Crippen LogP contribution in [0.3, 0.4) is 0 Å². The molecule has 0 atom stereocenters. The van der Waals surface area contributed by atoms with Gasteiger partial charge in [0, 0.05) is 49.0 Å². The van der Waals surface area contributed by atoms with Crippen LogP contribution >= 0.6 is 23.8 Å². The fraction of sp³-hybridized carbons (Fsp3) is 0.300. The maximum Gasteiger partial charge on any atom is 0.173 e. The van der Waals surface area contributed by atoms with Crippen molar-refractivity contribution in [1.82, 2.24) is 9.80 Å². The van der Waals surface area contributed by atoms with Gasteiger partial charge in [0.05, 0.1) is 0 Å². The van der Waals surface area contributed by atoms with Gasteiger partial charge in [-0.15, -0.1) is 0 Å². The lowest BCUT2D eigenvalue weighted by atomic mass is 10.1. The Hall–Kier alpha value is -1.95. The highest BCUT2D eigenvalue weighted by Crippen LogP contribution is 2.15. The van der Waals surface area contributed by atoms with E-state index in [1.54, 1.807) is 6.92 Å². The summed E-state index contributed by atoms with van der Waals surface area (Å²) in [6.07, 6.45) is 0. The number of thiocarbonyl (C=S) groups is 1. The molecule has 2 aromatic rings. The van der Waals surface area contributed by atoms with Gasteiger partial charge in [0.1, 0.15) is 0 Å². The van der Waals surface area contributed by atoms with Gasteiger partial charge >= 0.3 is 0 Å². The van der Waals surface area contributed by atoms with Crippen LogP contribution in [0.5, 0.6) is 0 Å². The van der Waals surface area contributed by atoms with Crippen LogP contribution in [0, 0.1) is 0 Å².